The Labute approximate surface area is 120 Å². The normalized spacial score (nSPS) is 35.5. The fourth-order valence-electron chi connectivity index (χ4n) is 4.15. The lowest BCUT2D eigenvalue weighted by molar-refractivity contribution is -0.154. The van der Waals surface area contributed by atoms with Crippen molar-refractivity contribution in [2.75, 3.05) is 24.6 Å². The number of nitrogens with zero attached hydrogens (tertiary/aromatic N) is 1. The molecule has 3 rings (SSSR count). The van der Waals surface area contributed by atoms with Gasteiger partial charge in [0, 0.05) is 18.5 Å². The standard InChI is InChI=1S/C14H23NO4S/c16-12(14(17)5-1-2-6-14)15-8-3-4-13(10-15)7-9-20(18,19)11-13/h17H,1-11H2/t13-/m1/s1. The van der Waals surface area contributed by atoms with E-state index in [0.29, 0.717) is 32.4 Å². The van der Waals surface area contributed by atoms with Gasteiger partial charge in [-0.15, -0.1) is 0 Å². The van der Waals surface area contributed by atoms with E-state index >= 15 is 0 Å². The highest BCUT2D eigenvalue weighted by Crippen LogP contribution is 2.41. The van der Waals surface area contributed by atoms with Crippen LogP contribution in [0, 0.1) is 5.41 Å². The van der Waals surface area contributed by atoms with Crippen molar-refractivity contribution in [2.45, 2.75) is 50.5 Å². The van der Waals surface area contributed by atoms with Crippen LogP contribution < -0.4 is 0 Å². The van der Waals surface area contributed by atoms with Crippen LogP contribution >= 0.6 is 0 Å². The summed E-state index contributed by atoms with van der Waals surface area (Å²) in [5.41, 5.74) is -1.43. The Bertz CT molecular complexity index is 509. The molecule has 3 fully saturated rings. The zero-order valence-corrected chi connectivity index (χ0v) is 12.6. The van der Waals surface area contributed by atoms with Crippen LogP contribution in [0.1, 0.15) is 44.9 Å². The largest absolute Gasteiger partial charge is 0.380 e. The van der Waals surface area contributed by atoms with Crippen molar-refractivity contribution in [1.29, 1.82) is 0 Å². The molecule has 1 aliphatic carbocycles. The predicted molar refractivity (Wildman–Crippen MR) is 74.9 cm³/mol. The van der Waals surface area contributed by atoms with E-state index in [1.807, 2.05) is 0 Å². The number of rotatable bonds is 1. The van der Waals surface area contributed by atoms with E-state index in [-0.39, 0.29) is 22.8 Å². The van der Waals surface area contributed by atoms with Crippen LogP contribution in [0.3, 0.4) is 0 Å². The Morgan fingerprint density at radius 2 is 1.75 bits per heavy atom. The first-order valence-electron chi connectivity index (χ1n) is 7.57. The molecule has 5 nitrogen and oxygen atoms in total. The molecule has 0 aromatic rings. The zero-order valence-electron chi connectivity index (χ0n) is 11.8. The van der Waals surface area contributed by atoms with Gasteiger partial charge in [0.15, 0.2) is 9.84 Å². The first-order valence-corrected chi connectivity index (χ1v) is 9.39. The minimum atomic E-state index is -2.94. The third-order valence-electron chi connectivity index (χ3n) is 5.25. The van der Waals surface area contributed by atoms with Crippen molar-refractivity contribution >= 4 is 15.7 Å². The summed E-state index contributed by atoms with van der Waals surface area (Å²) in [5.74, 6) is 0.292. The summed E-state index contributed by atoms with van der Waals surface area (Å²) < 4.78 is 23.5. The first kappa shape index (κ1) is 14.3. The molecule has 0 bridgehead atoms. The van der Waals surface area contributed by atoms with Crippen LogP contribution in [0.5, 0.6) is 0 Å². The fourth-order valence-corrected chi connectivity index (χ4v) is 6.36. The van der Waals surface area contributed by atoms with E-state index in [1.165, 1.54) is 0 Å². The second kappa shape index (κ2) is 4.70. The van der Waals surface area contributed by atoms with E-state index in [4.69, 9.17) is 0 Å². The Morgan fingerprint density at radius 3 is 2.35 bits per heavy atom. The van der Waals surface area contributed by atoms with Gasteiger partial charge < -0.3 is 10.0 Å². The van der Waals surface area contributed by atoms with Crippen LogP contribution in [0.4, 0.5) is 0 Å². The number of carbonyl (C=O) groups excluding carboxylic acids is 1. The smallest absolute Gasteiger partial charge is 0.254 e. The highest BCUT2D eigenvalue weighted by molar-refractivity contribution is 7.91. The van der Waals surface area contributed by atoms with E-state index in [2.05, 4.69) is 0 Å². The van der Waals surface area contributed by atoms with Crippen molar-refractivity contribution in [3.05, 3.63) is 0 Å². The van der Waals surface area contributed by atoms with Gasteiger partial charge >= 0.3 is 0 Å². The number of hydrogen-bond donors (Lipinski definition) is 1. The van der Waals surface area contributed by atoms with Gasteiger partial charge in [-0.3, -0.25) is 4.79 Å². The van der Waals surface area contributed by atoms with Crippen molar-refractivity contribution in [3.8, 4) is 0 Å². The maximum Gasteiger partial charge on any atom is 0.254 e. The average Bonchev–Trinajstić information content (AvgIpc) is 2.94. The van der Waals surface area contributed by atoms with Gasteiger partial charge in [0.1, 0.15) is 5.60 Å². The van der Waals surface area contributed by atoms with E-state index in [0.717, 1.165) is 25.7 Å². The number of sulfone groups is 1. The van der Waals surface area contributed by atoms with Crippen LogP contribution in [0.25, 0.3) is 0 Å². The van der Waals surface area contributed by atoms with Crippen LogP contribution in [-0.2, 0) is 14.6 Å². The molecule has 1 atom stereocenters. The molecule has 0 unspecified atom stereocenters. The fraction of sp³-hybridized carbons (Fsp3) is 0.929. The van der Waals surface area contributed by atoms with E-state index < -0.39 is 15.4 Å². The summed E-state index contributed by atoms with van der Waals surface area (Å²) in [6.07, 6.45) is 5.29. The van der Waals surface area contributed by atoms with Gasteiger partial charge in [0.25, 0.3) is 5.91 Å². The third-order valence-corrected chi connectivity index (χ3v) is 7.13. The Kier molecular flexibility index (Phi) is 3.36. The van der Waals surface area contributed by atoms with Crippen molar-refractivity contribution in [3.63, 3.8) is 0 Å². The number of amides is 1. The summed E-state index contributed by atoms with van der Waals surface area (Å²) in [6, 6.07) is 0. The third kappa shape index (κ3) is 2.48. The second-order valence-corrected chi connectivity index (χ2v) is 9.10. The SMILES string of the molecule is O=C(N1CCC[C@@]2(CCS(=O)(=O)C2)C1)C1(O)CCCC1. The van der Waals surface area contributed by atoms with Gasteiger partial charge in [-0.25, -0.2) is 8.42 Å². The van der Waals surface area contributed by atoms with Crippen LogP contribution in [0.15, 0.2) is 0 Å². The van der Waals surface area contributed by atoms with Crippen molar-refractivity contribution in [2.24, 2.45) is 5.41 Å². The maximum absolute atomic E-state index is 12.6. The summed E-state index contributed by atoms with van der Waals surface area (Å²) >= 11 is 0. The minimum Gasteiger partial charge on any atom is -0.380 e. The molecule has 0 radical (unpaired) electrons. The Morgan fingerprint density at radius 1 is 1.05 bits per heavy atom. The monoisotopic (exact) mass is 301 g/mol. The highest BCUT2D eigenvalue weighted by Gasteiger charge is 2.49. The van der Waals surface area contributed by atoms with E-state index in [9.17, 15) is 18.3 Å². The molecule has 2 aliphatic heterocycles. The zero-order chi connectivity index (χ0) is 14.4. The second-order valence-electron chi connectivity index (χ2n) is 6.91. The molecule has 1 spiro atoms. The topological polar surface area (TPSA) is 74.7 Å². The van der Waals surface area contributed by atoms with Crippen molar-refractivity contribution in [1.82, 2.24) is 4.90 Å². The lowest BCUT2D eigenvalue weighted by Crippen LogP contribution is -2.54. The molecule has 1 saturated carbocycles. The molecule has 3 aliphatic rings. The Hall–Kier alpha value is -0.620. The molecule has 2 heterocycles. The van der Waals surface area contributed by atoms with Gasteiger partial charge in [-0.05, 0) is 44.9 Å². The van der Waals surface area contributed by atoms with Gasteiger partial charge in [-0.2, -0.15) is 0 Å². The van der Waals surface area contributed by atoms with Gasteiger partial charge in [0.05, 0.1) is 11.5 Å². The molecular weight excluding hydrogens is 278 g/mol. The molecule has 6 heteroatoms. The van der Waals surface area contributed by atoms with Gasteiger partial charge in [-0.1, -0.05) is 0 Å². The summed E-state index contributed by atoms with van der Waals surface area (Å²) in [4.78, 5) is 14.3. The quantitative estimate of drug-likeness (QED) is 0.774. The molecule has 1 amide bonds. The molecule has 2 saturated heterocycles. The molecule has 1 N–H and O–H groups in total. The average molecular weight is 301 g/mol. The number of aliphatic hydroxyl groups is 1. The predicted octanol–water partition coefficient (Wildman–Crippen LogP) is 0.719. The molecule has 0 aromatic carbocycles. The lowest BCUT2D eigenvalue weighted by atomic mass is 9.79. The number of piperidine rings is 1. The summed E-state index contributed by atoms with van der Waals surface area (Å²) in [6.45, 7) is 1.16. The van der Waals surface area contributed by atoms with Crippen molar-refractivity contribution < 1.29 is 18.3 Å². The maximum atomic E-state index is 12.6. The van der Waals surface area contributed by atoms with Crippen LogP contribution in [-0.4, -0.2) is 54.5 Å². The number of carbonyl (C=O) groups is 1. The molecule has 114 valence electrons. The number of likely N-dealkylation sites (tertiary alicyclic amines) is 1. The molecular formula is C14H23NO4S. The summed E-state index contributed by atoms with van der Waals surface area (Å²) in [5, 5.41) is 10.4. The van der Waals surface area contributed by atoms with E-state index in [1.54, 1.807) is 4.90 Å². The van der Waals surface area contributed by atoms with Gasteiger partial charge in [0.2, 0.25) is 0 Å². The highest BCUT2D eigenvalue weighted by atomic mass is 32.2. The summed E-state index contributed by atoms with van der Waals surface area (Å²) in [7, 11) is -2.94. The lowest BCUT2D eigenvalue weighted by Gasteiger charge is -2.42. The Balaban J connectivity index is 1.74. The minimum absolute atomic E-state index is 0.168. The molecule has 0 aromatic heterocycles. The molecule has 20 heavy (non-hydrogen) atoms. The first-order chi connectivity index (χ1) is 9.34. The number of hydrogen-bond acceptors (Lipinski definition) is 4. The van der Waals surface area contributed by atoms with Crippen LogP contribution in [0.2, 0.25) is 0 Å².